The molecule has 1 fully saturated rings. The summed E-state index contributed by atoms with van der Waals surface area (Å²) in [6.45, 7) is 2.53. The van der Waals surface area contributed by atoms with Crippen molar-refractivity contribution in [1.29, 1.82) is 0 Å². The summed E-state index contributed by atoms with van der Waals surface area (Å²) >= 11 is 0. The zero-order valence-corrected chi connectivity index (χ0v) is 16.8. The van der Waals surface area contributed by atoms with E-state index < -0.39 is 0 Å². The number of halogens is 1. The van der Waals surface area contributed by atoms with Crippen LogP contribution in [-0.2, 0) is 6.54 Å². The largest absolute Gasteiger partial charge is 0.474 e. The Morgan fingerprint density at radius 2 is 2.08 bits per heavy atom. The molecule has 2 aromatic rings. The predicted molar refractivity (Wildman–Crippen MR) is 113 cm³/mol. The first-order valence-electron chi connectivity index (χ1n) is 8.44. The first-order chi connectivity index (χ1) is 11.7. The molecule has 0 saturated heterocycles. The minimum absolute atomic E-state index is 0. The van der Waals surface area contributed by atoms with E-state index in [2.05, 4.69) is 15.3 Å². The lowest BCUT2D eigenvalue weighted by Gasteiger charge is -2.11. The minimum atomic E-state index is 0. The fourth-order valence-electron chi connectivity index (χ4n) is 2.84. The van der Waals surface area contributed by atoms with Crippen LogP contribution in [0.25, 0.3) is 0 Å². The molecule has 25 heavy (non-hydrogen) atoms. The molecule has 0 spiro atoms. The van der Waals surface area contributed by atoms with Gasteiger partial charge in [0.25, 0.3) is 0 Å². The van der Waals surface area contributed by atoms with Gasteiger partial charge < -0.3 is 15.8 Å². The van der Waals surface area contributed by atoms with Crippen LogP contribution < -0.4 is 15.8 Å². The van der Waals surface area contributed by atoms with Crippen LogP contribution in [0, 0.1) is 6.92 Å². The van der Waals surface area contributed by atoms with Crippen LogP contribution in [0.1, 0.15) is 36.8 Å². The summed E-state index contributed by atoms with van der Waals surface area (Å²) in [6, 6.07) is 11.9. The molecule has 3 rings (SSSR count). The Morgan fingerprint density at radius 3 is 2.76 bits per heavy atom. The number of ether oxygens (including phenoxy) is 1. The van der Waals surface area contributed by atoms with E-state index in [4.69, 9.17) is 10.5 Å². The fourth-order valence-corrected chi connectivity index (χ4v) is 2.84. The highest BCUT2D eigenvalue weighted by atomic mass is 127. The quantitative estimate of drug-likeness (QED) is 0.404. The molecule has 1 aliphatic carbocycles. The van der Waals surface area contributed by atoms with Gasteiger partial charge in [0.15, 0.2) is 5.96 Å². The molecule has 0 bridgehead atoms. The number of aromatic nitrogens is 1. The van der Waals surface area contributed by atoms with Gasteiger partial charge in [0.2, 0.25) is 5.88 Å². The van der Waals surface area contributed by atoms with E-state index in [1.807, 2.05) is 43.3 Å². The number of nitrogens with two attached hydrogens (primary N) is 1. The molecular weight excluding hydrogens is 427 g/mol. The Labute approximate surface area is 166 Å². The highest BCUT2D eigenvalue weighted by molar-refractivity contribution is 14.0. The van der Waals surface area contributed by atoms with Crippen molar-refractivity contribution in [1.82, 2.24) is 4.98 Å². The van der Waals surface area contributed by atoms with Crippen molar-refractivity contribution in [3.05, 3.63) is 53.7 Å². The average Bonchev–Trinajstić information content (AvgIpc) is 3.07. The first-order valence-corrected chi connectivity index (χ1v) is 8.44. The van der Waals surface area contributed by atoms with E-state index in [9.17, 15) is 0 Å². The van der Waals surface area contributed by atoms with Gasteiger partial charge in [-0.2, -0.15) is 0 Å². The number of nitrogens with one attached hydrogen (secondary N) is 1. The van der Waals surface area contributed by atoms with Crippen LogP contribution in [0.3, 0.4) is 0 Å². The zero-order chi connectivity index (χ0) is 16.8. The van der Waals surface area contributed by atoms with E-state index in [1.165, 1.54) is 18.4 Å². The topological polar surface area (TPSA) is 72.5 Å². The van der Waals surface area contributed by atoms with E-state index in [0.29, 0.717) is 24.5 Å². The Balaban J connectivity index is 0.00000225. The van der Waals surface area contributed by atoms with Crippen LogP contribution in [0.5, 0.6) is 5.88 Å². The molecule has 6 heteroatoms. The van der Waals surface area contributed by atoms with Gasteiger partial charge in [-0.15, -0.1) is 24.0 Å². The van der Waals surface area contributed by atoms with Crippen LogP contribution >= 0.6 is 24.0 Å². The smallest absolute Gasteiger partial charge is 0.213 e. The molecule has 1 aromatic carbocycles. The third-order valence-corrected chi connectivity index (χ3v) is 4.11. The van der Waals surface area contributed by atoms with Crippen LogP contribution in [-0.4, -0.2) is 17.0 Å². The number of benzene rings is 1. The van der Waals surface area contributed by atoms with Gasteiger partial charge in [-0.05, 0) is 55.9 Å². The number of hydrogen-bond acceptors (Lipinski definition) is 3. The third kappa shape index (κ3) is 6.19. The van der Waals surface area contributed by atoms with Crippen molar-refractivity contribution >= 4 is 35.6 Å². The summed E-state index contributed by atoms with van der Waals surface area (Å²) in [7, 11) is 0. The summed E-state index contributed by atoms with van der Waals surface area (Å²) in [5.41, 5.74) is 9.05. The maximum Gasteiger partial charge on any atom is 0.213 e. The van der Waals surface area contributed by atoms with Gasteiger partial charge in [-0.1, -0.05) is 18.2 Å². The Hall–Kier alpha value is -1.83. The lowest BCUT2D eigenvalue weighted by Crippen LogP contribution is -2.22. The maximum absolute atomic E-state index is 5.94. The fraction of sp³-hybridized carbons (Fsp3) is 0.368. The van der Waals surface area contributed by atoms with Crippen LogP contribution in [0.15, 0.2) is 47.6 Å². The van der Waals surface area contributed by atoms with Crippen molar-refractivity contribution < 1.29 is 4.74 Å². The van der Waals surface area contributed by atoms with Gasteiger partial charge in [0.05, 0.1) is 6.54 Å². The van der Waals surface area contributed by atoms with Gasteiger partial charge in [-0.25, -0.2) is 9.98 Å². The van der Waals surface area contributed by atoms with Gasteiger partial charge in [0, 0.05) is 18.0 Å². The third-order valence-electron chi connectivity index (χ3n) is 4.11. The second-order valence-corrected chi connectivity index (χ2v) is 6.22. The van der Waals surface area contributed by atoms with Crippen LogP contribution in [0.4, 0.5) is 5.69 Å². The summed E-state index contributed by atoms with van der Waals surface area (Å²) < 4.78 is 5.86. The number of rotatable bonds is 5. The molecule has 0 radical (unpaired) electrons. The number of pyridine rings is 1. The van der Waals surface area contributed by atoms with Crippen molar-refractivity contribution in [2.45, 2.75) is 45.3 Å². The number of hydrogen-bond donors (Lipinski definition) is 2. The molecule has 0 amide bonds. The standard InChI is InChI=1S/C19H24N4O.HI/c1-14-5-4-6-16(11-14)23-19(20)22-13-15-9-10-18(21-12-15)24-17-7-2-3-8-17;/h4-6,9-12,17H,2-3,7-8,13H2,1H3,(H3,20,22,23);1H. The van der Waals surface area contributed by atoms with Gasteiger partial charge >= 0.3 is 0 Å². The van der Waals surface area contributed by atoms with Gasteiger partial charge in [0.1, 0.15) is 6.10 Å². The molecule has 1 heterocycles. The normalized spacial score (nSPS) is 14.8. The van der Waals surface area contributed by atoms with Crippen LogP contribution in [0.2, 0.25) is 0 Å². The lowest BCUT2D eigenvalue weighted by molar-refractivity contribution is 0.201. The molecule has 134 valence electrons. The SMILES string of the molecule is Cc1cccc(NC(N)=NCc2ccc(OC3CCCC3)nc2)c1.I. The number of guanidine groups is 1. The van der Waals surface area contributed by atoms with Gasteiger partial charge in [-0.3, -0.25) is 0 Å². The molecule has 1 saturated carbocycles. The average molecular weight is 452 g/mol. The summed E-state index contributed by atoms with van der Waals surface area (Å²) in [4.78, 5) is 8.72. The van der Waals surface area contributed by atoms with E-state index >= 15 is 0 Å². The lowest BCUT2D eigenvalue weighted by atomic mass is 10.2. The van der Waals surface area contributed by atoms with E-state index in [-0.39, 0.29) is 24.0 Å². The molecular formula is C19H25IN4O. The molecule has 5 nitrogen and oxygen atoms in total. The highest BCUT2D eigenvalue weighted by Crippen LogP contribution is 2.22. The highest BCUT2D eigenvalue weighted by Gasteiger charge is 2.16. The maximum atomic E-state index is 5.94. The summed E-state index contributed by atoms with van der Waals surface area (Å²) in [6.07, 6.45) is 6.91. The first kappa shape index (κ1) is 19.5. The number of nitrogens with zero attached hydrogens (tertiary/aromatic N) is 2. The van der Waals surface area contributed by atoms with Crippen molar-refractivity contribution in [3.8, 4) is 5.88 Å². The van der Waals surface area contributed by atoms with Crippen molar-refractivity contribution in [2.75, 3.05) is 5.32 Å². The Kier molecular flexibility index (Phi) is 7.49. The Morgan fingerprint density at radius 1 is 1.28 bits per heavy atom. The second kappa shape index (κ2) is 9.60. The monoisotopic (exact) mass is 452 g/mol. The number of anilines is 1. The molecule has 0 unspecified atom stereocenters. The predicted octanol–water partition coefficient (Wildman–Crippen LogP) is 4.26. The van der Waals surface area contributed by atoms with E-state index in [1.54, 1.807) is 6.20 Å². The summed E-state index contributed by atoms with van der Waals surface area (Å²) in [5, 5.41) is 3.10. The van der Waals surface area contributed by atoms with Crippen molar-refractivity contribution in [3.63, 3.8) is 0 Å². The molecule has 1 aliphatic rings. The van der Waals surface area contributed by atoms with Crippen molar-refractivity contribution in [2.24, 2.45) is 10.7 Å². The van der Waals surface area contributed by atoms with E-state index in [0.717, 1.165) is 24.1 Å². The Bertz CT molecular complexity index is 697. The second-order valence-electron chi connectivity index (χ2n) is 6.22. The molecule has 0 atom stereocenters. The number of aryl methyl sites for hydroxylation is 1. The zero-order valence-electron chi connectivity index (χ0n) is 14.4. The molecule has 1 aromatic heterocycles. The minimum Gasteiger partial charge on any atom is -0.474 e. The number of aliphatic imine (C=N–C) groups is 1. The summed E-state index contributed by atoms with van der Waals surface area (Å²) in [5.74, 6) is 1.09. The molecule has 0 aliphatic heterocycles. The molecule has 3 N–H and O–H groups in total.